The molecule has 0 atom stereocenters. The fourth-order valence-corrected chi connectivity index (χ4v) is 1.60. The van der Waals surface area contributed by atoms with E-state index in [1.807, 2.05) is 0 Å². The first-order valence-corrected chi connectivity index (χ1v) is 5.65. The van der Waals surface area contributed by atoms with Gasteiger partial charge in [-0.1, -0.05) is 6.07 Å². The fraction of sp³-hybridized carbons (Fsp3) is 0.0833. The van der Waals surface area contributed by atoms with E-state index in [0.717, 1.165) is 0 Å². The molecule has 1 aromatic heterocycles. The van der Waals surface area contributed by atoms with Crippen LogP contribution in [0.2, 0.25) is 0 Å². The zero-order valence-corrected chi connectivity index (χ0v) is 10.3. The first-order chi connectivity index (χ1) is 9.59. The zero-order chi connectivity index (χ0) is 14.5. The molecule has 2 aromatic rings. The number of nitro benzene ring substituents is 1. The van der Waals surface area contributed by atoms with Gasteiger partial charge in [0.2, 0.25) is 0 Å². The van der Waals surface area contributed by atoms with Crippen molar-refractivity contribution >= 4 is 17.3 Å². The maximum absolute atomic E-state index is 12.0. The number of nitrogens with zero attached hydrogens (tertiary/aromatic N) is 3. The number of carbonyl (C=O) groups excluding carboxylic acids is 1. The molecule has 0 spiro atoms. The van der Waals surface area contributed by atoms with E-state index in [1.54, 1.807) is 12.3 Å². The molecule has 0 aliphatic carbocycles. The highest BCUT2D eigenvalue weighted by atomic mass is 16.6. The van der Waals surface area contributed by atoms with E-state index in [4.69, 9.17) is 5.73 Å². The van der Waals surface area contributed by atoms with Crippen LogP contribution in [0.25, 0.3) is 0 Å². The quantitative estimate of drug-likeness (QED) is 0.484. The van der Waals surface area contributed by atoms with E-state index in [2.05, 4.69) is 15.3 Å². The molecule has 0 saturated heterocycles. The van der Waals surface area contributed by atoms with Gasteiger partial charge >= 0.3 is 0 Å². The molecule has 0 saturated carbocycles. The van der Waals surface area contributed by atoms with E-state index in [1.165, 1.54) is 24.5 Å². The Balaban J connectivity index is 2.14. The van der Waals surface area contributed by atoms with Gasteiger partial charge in [-0.05, 0) is 12.1 Å². The second-order valence-corrected chi connectivity index (χ2v) is 3.88. The molecule has 1 aromatic carbocycles. The Labute approximate surface area is 113 Å². The standard InChI is InChI=1S/C12H11N5O3/c13-11-9(2-1-3-10(11)17(19)20)12(18)15-6-8-4-5-14-7-16-8/h1-5,7H,6,13H2,(H,15,18). The number of hydrogen-bond donors (Lipinski definition) is 2. The number of aromatic nitrogens is 2. The summed E-state index contributed by atoms with van der Waals surface area (Å²) in [6, 6.07) is 5.74. The van der Waals surface area contributed by atoms with Gasteiger partial charge in [-0.25, -0.2) is 9.97 Å². The number of anilines is 1. The molecule has 3 N–H and O–H groups in total. The number of rotatable bonds is 4. The summed E-state index contributed by atoms with van der Waals surface area (Å²) in [5, 5.41) is 13.3. The maximum Gasteiger partial charge on any atom is 0.292 e. The lowest BCUT2D eigenvalue weighted by Gasteiger charge is -2.07. The third kappa shape index (κ3) is 2.86. The van der Waals surface area contributed by atoms with Crippen LogP contribution in [0, 0.1) is 10.1 Å². The summed E-state index contributed by atoms with van der Waals surface area (Å²) in [5.74, 6) is -0.496. The van der Waals surface area contributed by atoms with Crippen LogP contribution in [0.3, 0.4) is 0 Å². The van der Waals surface area contributed by atoms with Crippen LogP contribution >= 0.6 is 0 Å². The topological polar surface area (TPSA) is 124 Å². The Bertz CT molecular complexity index is 645. The average molecular weight is 273 g/mol. The largest absolute Gasteiger partial charge is 0.393 e. The zero-order valence-electron chi connectivity index (χ0n) is 10.3. The number of benzene rings is 1. The Morgan fingerprint density at radius 2 is 2.20 bits per heavy atom. The number of nitrogens with two attached hydrogens (primary N) is 1. The van der Waals surface area contributed by atoms with Crippen molar-refractivity contribution in [2.24, 2.45) is 0 Å². The predicted molar refractivity (Wildman–Crippen MR) is 70.7 cm³/mol. The smallest absolute Gasteiger partial charge is 0.292 e. The molecule has 2 rings (SSSR count). The molecular formula is C12H11N5O3. The van der Waals surface area contributed by atoms with Gasteiger partial charge in [0.15, 0.2) is 0 Å². The highest BCUT2D eigenvalue weighted by Crippen LogP contribution is 2.24. The third-order valence-electron chi connectivity index (χ3n) is 2.60. The fourth-order valence-electron chi connectivity index (χ4n) is 1.60. The molecule has 102 valence electrons. The molecule has 8 heteroatoms. The van der Waals surface area contributed by atoms with Crippen LogP contribution in [-0.4, -0.2) is 20.8 Å². The Morgan fingerprint density at radius 1 is 1.40 bits per heavy atom. The second-order valence-electron chi connectivity index (χ2n) is 3.88. The van der Waals surface area contributed by atoms with E-state index in [9.17, 15) is 14.9 Å². The molecule has 1 heterocycles. The lowest BCUT2D eigenvalue weighted by atomic mass is 10.1. The highest BCUT2D eigenvalue weighted by Gasteiger charge is 2.18. The van der Waals surface area contributed by atoms with Gasteiger partial charge in [-0.15, -0.1) is 0 Å². The number of amides is 1. The van der Waals surface area contributed by atoms with E-state index >= 15 is 0 Å². The van der Waals surface area contributed by atoms with Crippen LogP contribution in [0.15, 0.2) is 36.8 Å². The first-order valence-electron chi connectivity index (χ1n) is 5.65. The minimum Gasteiger partial charge on any atom is -0.393 e. The van der Waals surface area contributed by atoms with Crippen molar-refractivity contribution < 1.29 is 9.72 Å². The van der Waals surface area contributed by atoms with Crippen molar-refractivity contribution in [2.75, 3.05) is 5.73 Å². The van der Waals surface area contributed by atoms with Crippen molar-refractivity contribution in [2.45, 2.75) is 6.54 Å². The lowest BCUT2D eigenvalue weighted by Crippen LogP contribution is -2.24. The molecule has 0 unspecified atom stereocenters. The molecule has 0 aliphatic rings. The van der Waals surface area contributed by atoms with Crippen molar-refractivity contribution in [3.8, 4) is 0 Å². The van der Waals surface area contributed by atoms with Crippen molar-refractivity contribution in [1.29, 1.82) is 0 Å². The predicted octanol–water partition coefficient (Wildman–Crippen LogP) is 0.897. The van der Waals surface area contributed by atoms with Crippen molar-refractivity contribution in [3.05, 3.63) is 58.2 Å². The van der Waals surface area contributed by atoms with Gasteiger partial charge in [0.05, 0.1) is 22.7 Å². The molecule has 0 aliphatic heterocycles. The van der Waals surface area contributed by atoms with Gasteiger partial charge in [0.25, 0.3) is 11.6 Å². The summed E-state index contributed by atoms with van der Waals surface area (Å²) in [5.41, 5.74) is 5.86. The van der Waals surface area contributed by atoms with Crippen molar-refractivity contribution in [1.82, 2.24) is 15.3 Å². The molecule has 0 radical (unpaired) electrons. The monoisotopic (exact) mass is 273 g/mol. The van der Waals surface area contributed by atoms with Crippen molar-refractivity contribution in [3.63, 3.8) is 0 Å². The molecule has 20 heavy (non-hydrogen) atoms. The number of carbonyl (C=O) groups is 1. The lowest BCUT2D eigenvalue weighted by molar-refractivity contribution is -0.383. The summed E-state index contributed by atoms with van der Waals surface area (Å²) < 4.78 is 0. The highest BCUT2D eigenvalue weighted by molar-refractivity contribution is 6.00. The van der Waals surface area contributed by atoms with Gasteiger partial charge in [-0.3, -0.25) is 14.9 Å². The minimum atomic E-state index is -0.628. The number of hydrogen-bond acceptors (Lipinski definition) is 6. The normalized spacial score (nSPS) is 10.0. The van der Waals surface area contributed by atoms with Crippen LogP contribution < -0.4 is 11.1 Å². The summed E-state index contributed by atoms with van der Waals surface area (Å²) in [7, 11) is 0. The summed E-state index contributed by atoms with van der Waals surface area (Å²) in [6.45, 7) is 0.184. The Hall–Kier alpha value is -3.03. The SMILES string of the molecule is Nc1c(C(=O)NCc2ccncn2)cccc1[N+](=O)[O-]. The van der Waals surface area contributed by atoms with Gasteiger partial charge in [0, 0.05) is 12.3 Å². The third-order valence-corrected chi connectivity index (χ3v) is 2.60. The van der Waals surface area contributed by atoms with E-state index < -0.39 is 10.8 Å². The second kappa shape index (κ2) is 5.74. The first kappa shape index (κ1) is 13.4. The molecule has 1 amide bonds. The maximum atomic E-state index is 12.0. The molecule has 0 bridgehead atoms. The van der Waals surface area contributed by atoms with Crippen LogP contribution in [-0.2, 0) is 6.54 Å². The molecule has 0 fully saturated rings. The number of nitrogen functional groups attached to an aromatic ring is 1. The van der Waals surface area contributed by atoms with Gasteiger partial charge < -0.3 is 11.1 Å². The summed E-state index contributed by atoms with van der Waals surface area (Å²) in [6.07, 6.45) is 2.92. The van der Waals surface area contributed by atoms with Gasteiger partial charge in [0.1, 0.15) is 12.0 Å². The molecular weight excluding hydrogens is 262 g/mol. The van der Waals surface area contributed by atoms with E-state index in [-0.39, 0.29) is 23.5 Å². The number of nitrogens with one attached hydrogen (secondary N) is 1. The van der Waals surface area contributed by atoms with Gasteiger partial charge in [-0.2, -0.15) is 0 Å². The Kier molecular flexibility index (Phi) is 3.85. The summed E-state index contributed by atoms with van der Waals surface area (Å²) >= 11 is 0. The molecule has 8 nitrogen and oxygen atoms in total. The van der Waals surface area contributed by atoms with Crippen LogP contribution in [0.5, 0.6) is 0 Å². The van der Waals surface area contributed by atoms with Crippen LogP contribution in [0.1, 0.15) is 16.1 Å². The minimum absolute atomic E-state index is 0.0632. The van der Waals surface area contributed by atoms with Crippen LogP contribution in [0.4, 0.5) is 11.4 Å². The summed E-state index contributed by atoms with van der Waals surface area (Å²) in [4.78, 5) is 29.8. The average Bonchev–Trinajstić information content (AvgIpc) is 2.46. The number of para-hydroxylation sites is 1. The van der Waals surface area contributed by atoms with E-state index in [0.29, 0.717) is 5.69 Å². The number of nitro groups is 1. The Morgan fingerprint density at radius 3 is 2.85 bits per heavy atom.